The molecule has 0 aliphatic heterocycles. The molecule has 0 aliphatic carbocycles. The number of hydrogen-bond donors (Lipinski definition) is 0. The van der Waals surface area contributed by atoms with E-state index < -0.39 is 0 Å². The van der Waals surface area contributed by atoms with Gasteiger partial charge in [-0.2, -0.15) is 10.2 Å². The van der Waals surface area contributed by atoms with Crippen LogP contribution in [0.1, 0.15) is 43.3 Å². The van der Waals surface area contributed by atoms with Crippen LogP contribution in [0, 0.1) is 6.92 Å². The summed E-state index contributed by atoms with van der Waals surface area (Å²) in [6, 6.07) is 9.70. The summed E-state index contributed by atoms with van der Waals surface area (Å²) in [6.45, 7) is 6.07. The Morgan fingerprint density at radius 3 is 2.68 bits per heavy atom. The molecule has 1 aromatic carbocycles. The van der Waals surface area contributed by atoms with Crippen LogP contribution >= 0.6 is 0 Å². The van der Waals surface area contributed by atoms with E-state index in [0.717, 1.165) is 35.5 Å². The Kier molecular flexibility index (Phi) is 4.44. The molecule has 1 unspecified atom stereocenters. The van der Waals surface area contributed by atoms with E-state index in [1.54, 1.807) is 0 Å². The molecule has 1 heterocycles. The summed E-state index contributed by atoms with van der Waals surface area (Å²) in [6.07, 6.45) is 1.96. The smallest absolute Gasteiger partial charge is 0.139 e. The number of benzene rings is 1. The summed E-state index contributed by atoms with van der Waals surface area (Å²) in [4.78, 5) is 0. The zero-order valence-electron chi connectivity index (χ0n) is 11.6. The first-order chi connectivity index (χ1) is 9.22. The van der Waals surface area contributed by atoms with E-state index >= 15 is 0 Å². The number of aromatic nitrogens is 1. The first kappa shape index (κ1) is 13.5. The summed E-state index contributed by atoms with van der Waals surface area (Å²) >= 11 is 0. The maximum absolute atomic E-state index is 5.27. The molecule has 0 saturated carbocycles. The monoisotopic (exact) mass is 257 g/mol. The molecule has 0 fully saturated rings. The largest absolute Gasteiger partial charge is 0.361 e. The van der Waals surface area contributed by atoms with Crippen LogP contribution in [-0.2, 0) is 6.42 Å². The third-order valence-electron chi connectivity index (χ3n) is 2.99. The zero-order chi connectivity index (χ0) is 13.7. The average Bonchev–Trinajstić information content (AvgIpc) is 2.79. The summed E-state index contributed by atoms with van der Waals surface area (Å²) in [5.41, 5.74) is 2.93. The first-order valence-electron chi connectivity index (χ1n) is 6.63. The molecule has 100 valence electrons. The fourth-order valence-corrected chi connectivity index (χ4v) is 2.08. The Balaban J connectivity index is 2.18. The molecular formula is C15H19N3O. The van der Waals surface area contributed by atoms with Gasteiger partial charge in [0.15, 0.2) is 0 Å². The van der Waals surface area contributed by atoms with Crippen LogP contribution < -0.4 is 0 Å². The first-order valence-corrected chi connectivity index (χ1v) is 6.63. The minimum Gasteiger partial charge on any atom is -0.361 e. The van der Waals surface area contributed by atoms with Crippen molar-refractivity contribution in [1.29, 1.82) is 0 Å². The highest BCUT2D eigenvalue weighted by molar-refractivity contribution is 5.35. The third kappa shape index (κ3) is 3.28. The Morgan fingerprint density at radius 2 is 2.00 bits per heavy atom. The van der Waals surface area contributed by atoms with E-state index in [9.17, 15) is 0 Å². The molecular weight excluding hydrogens is 238 g/mol. The Hall–Kier alpha value is -1.97. The quantitative estimate of drug-likeness (QED) is 0.724. The van der Waals surface area contributed by atoms with Crippen molar-refractivity contribution < 1.29 is 4.52 Å². The number of azo groups is 1. The van der Waals surface area contributed by atoms with E-state index in [1.807, 2.05) is 44.2 Å². The molecule has 19 heavy (non-hydrogen) atoms. The summed E-state index contributed by atoms with van der Waals surface area (Å²) in [5, 5.41) is 12.7. The maximum atomic E-state index is 5.27. The highest BCUT2D eigenvalue weighted by atomic mass is 16.5. The van der Waals surface area contributed by atoms with Crippen LogP contribution in [0.5, 0.6) is 0 Å². The molecule has 0 spiro atoms. The van der Waals surface area contributed by atoms with E-state index in [-0.39, 0.29) is 6.04 Å². The van der Waals surface area contributed by atoms with Gasteiger partial charge in [-0.3, -0.25) is 0 Å². The summed E-state index contributed by atoms with van der Waals surface area (Å²) in [5.74, 6) is 0.836. The molecule has 0 bridgehead atoms. The van der Waals surface area contributed by atoms with Gasteiger partial charge in [-0.25, -0.2) is 0 Å². The second kappa shape index (κ2) is 6.27. The van der Waals surface area contributed by atoms with Gasteiger partial charge in [0, 0.05) is 5.56 Å². The van der Waals surface area contributed by atoms with Crippen LogP contribution in [-0.4, -0.2) is 5.16 Å². The van der Waals surface area contributed by atoms with Crippen LogP contribution in [0.4, 0.5) is 5.69 Å². The lowest BCUT2D eigenvalue weighted by Crippen LogP contribution is -1.96. The normalized spacial score (nSPS) is 13.0. The highest BCUT2D eigenvalue weighted by Crippen LogP contribution is 2.27. The topological polar surface area (TPSA) is 50.8 Å². The van der Waals surface area contributed by atoms with E-state index in [0.29, 0.717) is 0 Å². The van der Waals surface area contributed by atoms with Crippen molar-refractivity contribution in [3.05, 3.63) is 47.3 Å². The van der Waals surface area contributed by atoms with Gasteiger partial charge in [-0.15, -0.1) is 0 Å². The molecule has 4 nitrogen and oxygen atoms in total. The van der Waals surface area contributed by atoms with Gasteiger partial charge in [0.05, 0.1) is 17.4 Å². The minimum atomic E-state index is -0.0343. The Bertz CT molecular complexity index is 546. The zero-order valence-corrected chi connectivity index (χ0v) is 11.6. The molecule has 0 radical (unpaired) electrons. The lowest BCUT2D eigenvalue weighted by molar-refractivity contribution is 0.389. The van der Waals surface area contributed by atoms with Crippen molar-refractivity contribution in [2.75, 3.05) is 0 Å². The fraction of sp³-hybridized carbons (Fsp3) is 0.400. The van der Waals surface area contributed by atoms with Crippen LogP contribution in [0.3, 0.4) is 0 Å². The minimum absolute atomic E-state index is 0.0343. The summed E-state index contributed by atoms with van der Waals surface area (Å²) in [7, 11) is 0. The molecule has 0 aliphatic rings. The van der Waals surface area contributed by atoms with Gasteiger partial charge >= 0.3 is 0 Å². The second-order valence-electron chi connectivity index (χ2n) is 4.58. The van der Waals surface area contributed by atoms with E-state index in [1.165, 1.54) is 0 Å². The number of hydrogen-bond acceptors (Lipinski definition) is 4. The van der Waals surface area contributed by atoms with Crippen molar-refractivity contribution in [2.45, 2.75) is 39.7 Å². The molecule has 4 heteroatoms. The molecule has 0 amide bonds. The maximum Gasteiger partial charge on any atom is 0.139 e. The number of nitrogens with zero attached hydrogens (tertiary/aromatic N) is 3. The lowest BCUT2D eigenvalue weighted by atomic mass is 10.0. The van der Waals surface area contributed by atoms with E-state index in [4.69, 9.17) is 4.52 Å². The third-order valence-corrected chi connectivity index (χ3v) is 2.99. The lowest BCUT2D eigenvalue weighted by Gasteiger charge is -2.05. The van der Waals surface area contributed by atoms with Crippen molar-refractivity contribution in [3.8, 4) is 0 Å². The van der Waals surface area contributed by atoms with Gasteiger partial charge in [0.2, 0.25) is 0 Å². The molecule has 1 aromatic heterocycles. The van der Waals surface area contributed by atoms with Gasteiger partial charge in [-0.05, 0) is 32.4 Å². The molecule has 1 atom stereocenters. The molecule has 0 N–H and O–H groups in total. The summed E-state index contributed by atoms with van der Waals surface area (Å²) < 4.78 is 5.27. The fourth-order valence-electron chi connectivity index (χ4n) is 2.08. The van der Waals surface area contributed by atoms with Gasteiger partial charge in [0.1, 0.15) is 5.76 Å². The standard InChI is InChI=1S/C15H19N3O/c1-4-8-14-15(12(3)19-18-14)11(2)16-17-13-9-6-5-7-10-13/h5-7,9-11H,4,8H2,1-3H3. The van der Waals surface area contributed by atoms with Crippen LogP contribution in [0.15, 0.2) is 45.1 Å². The van der Waals surface area contributed by atoms with E-state index in [2.05, 4.69) is 22.3 Å². The van der Waals surface area contributed by atoms with Gasteiger partial charge in [-0.1, -0.05) is 36.7 Å². The molecule has 0 saturated heterocycles. The van der Waals surface area contributed by atoms with Crippen LogP contribution in [0.25, 0.3) is 0 Å². The predicted molar refractivity (Wildman–Crippen MR) is 74.6 cm³/mol. The Labute approximate surface area is 113 Å². The number of aryl methyl sites for hydroxylation is 2. The number of rotatable bonds is 5. The SMILES string of the molecule is CCCc1noc(C)c1C(C)N=Nc1ccccc1. The van der Waals surface area contributed by atoms with Crippen molar-refractivity contribution in [1.82, 2.24) is 5.16 Å². The average molecular weight is 257 g/mol. The van der Waals surface area contributed by atoms with Gasteiger partial charge in [0.25, 0.3) is 0 Å². The second-order valence-corrected chi connectivity index (χ2v) is 4.58. The Morgan fingerprint density at radius 1 is 1.26 bits per heavy atom. The molecule has 2 aromatic rings. The molecule has 2 rings (SSSR count). The van der Waals surface area contributed by atoms with Crippen LogP contribution in [0.2, 0.25) is 0 Å². The highest BCUT2D eigenvalue weighted by Gasteiger charge is 2.18. The van der Waals surface area contributed by atoms with Crippen molar-refractivity contribution >= 4 is 5.69 Å². The predicted octanol–water partition coefficient (Wildman–Crippen LogP) is 4.78. The van der Waals surface area contributed by atoms with Gasteiger partial charge < -0.3 is 4.52 Å². The van der Waals surface area contributed by atoms with Crippen molar-refractivity contribution in [2.24, 2.45) is 10.2 Å². The van der Waals surface area contributed by atoms with Crippen molar-refractivity contribution in [3.63, 3.8) is 0 Å².